The molecule has 1 saturated carbocycles. The normalized spacial score (nSPS) is 13.9. The highest BCUT2D eigenvalue weighted by Crippen LogP contribution is 2.31. The summed E-state index contributed by atoms with van der Waals surface area (Å²) in [7, 11) is 0. The standard InChI is InChI=1S/C12H14ClN3O3/c13-9-2-1-3-10(16(18)19)12(9)14-7-6-11(17)15-8-4-5-8/h1-3,8,14H,4-7H2,(H,15,17). The molecule has 0 saturated heterocycles. The lowest BCUT2D eigenvalue weighted by Gasteiger charge is -2.08. The highest BCUT2D eigenvalue weighted by Gasteiger charge is 2.23. The quantitative estimate of drug-likeness (QED) is 0.620. The highest BCUT2D eigenvalue weighted by atomic mass is 35.5. The first-order chi connectivity index (χ1) is 9.08. The first-order valence-electron chi connectivity index (χ1n) is 6.04. The van der Waals surface area contributed by atoms with Crippen molar-refractivity contribution in [1.29, 1.82) is 0 Å². The number of carbonyl (C=O) groups excluding carboxylic acids is 1. The number of nitrogens with zero attached hydrogens (tertiary/aromatic N) is 1. The predicted molar refractivity (Wildman–Crippen MR) is 72.4 cm³/mol. The van der Waals surface area contributed by atoms with E-state index in [1.54, 1.807) is 6.07 Å². The molecule has 0 aliphatic heterocycles. The number of amides is 1. The number of para-hydroxylation sites is 1. The lowest BCUT2D eigenvalue weighted by Crippen LogP contribution is -2.27. The van der Waals surface area contributed by atoms with Crippen molar-refractivity contribution in [3.8, 4) is 0 Å². The van der Waals surface area contributed by atoms with Gasteiger partial charge in [-0.05, 0) is 18.9 Å². The van der Waals surface area contributed by atoms with Gasteiger partial charge in [-0.3, -0.25) is 14.9 Å². The van der Waals surface area contributed by atoms with E-state index < -0.39 is 4.92 Å². The maximum Gasteiger partial charge on any atom is 0.293 e. The van der Waals surface area contributed by atoms with Crippen molar-refractivity contribution in [3.05, 3.63) is 33.3 Å². The summed E-state index contributed by atoms with van der Waals surface area (Å²) in [6.45, 7) is 0.309. The number of nitrogens with one attached hydrogen (secondary N) is 2. The number of halogens is 1. The van der Waals surface area contributed by atoms with E-state index in [0.717, 1.165) is 12.8 Å². The van der Waals surface area contributed by atoms with Crippen LogP contribution in [0.5, 0.6) is 0 Å². The number of carbonyl (C=O) groups is 1. The number of benzene rings is 1. The summed E-state index contributed by atoms with van der Waals surface area (Å²) < 4.78 is 0. The van der Waals surface area contributed by atoms with Crippen LogP contribution >= 0.6 is 11.6 Å². The Morgan fingerprint density at radius 3 is 2.84 bits per heavy atom. The Bertz CT molecular complexity index is 503. The van der Waals surface area contributed by atoms with Crippen LogP contribution < -0.4 is 10.6 Å². The first-order valence-corrected chi connectivity index (χ1v) is 6.42. The van der Waals surface area contributed by atoms with E-state index in [1.165, 1.54) is 12.1 Å². The maximum absolute atomic E-state index is 11.5. The minimum Gasteiger partial charge on any atom is -0.378 e. The monoisotopic (exact) mass is 283 g/mol. The van der Waals surface area contributed by atoms with Crippen LogP contribution in [0, 0.1) is 10.1 Å². The summed E-state index contributed by atoms with van der Waals surface area (Å²) in [5.74, 6) is -0.0512. The molecule has 2 rings (SSSR count). The summed E-state index contributed by atoms with van der Waals surface area (Å²) in [6, 6.07) is 4.78. The molecule has 0 radical (unpaired) electrons. The van der Waals surface area contributed by atoms with E-state index in [2.05, 4.69) is 10.6 Å². The molecule has 0 unspecified atom stereocenters. The van der Waals surface area contributed by atoms with Crippen molar-refractivity contribution in [1.82, 2.24) is 5.32 Å². The van der Waals surface area contributed by atoms with Crippen molar-refractivity contribution in [3.63, 3.8) is 0 Å². The van der Waals surface area contributed by atoms with Gasteiger partial charge in [-0.2, -0.15) is 0 Å². The lowest BCUT2D eigenvalue weighted by molar-refractivity contribution is -0.383. The zero-order valence-electron chi connectivity index (χ0n) is 10.2. The number of anilines is 1. The molecule has 1 amide bonds. The molecule has 2 N–H and O–H groups in total. The van der Waals surface area contributed by atoms with Crippen LogP contribution in [0.2, 0.25) is 5.02 Å². The van der Waals surface area contributed by atoms with Gasteiger partial charge >= 0.3 is 0 Å². The Labute approximate surface area is 115 Å². The molecule has 0 spiro atoms. The van der Waals surface area contributed by atoms with Crippen LogP contribution in [0.25, 0.3) is 0 Å². The second-order valence-electron chi connectivity index (χ2n) is 4.41. The molecule has 102 valence electrons. The molecule has 1 fully saturated rings. The smallest absolute Gasteiger partial charge is 0.293 e. The van der Waals surface area contributed by atoms with E-state index in [-0.39, 0.29) is 28.7 Å². The molecule has 0 aromatic heterocycles. The molecule has 1 aromatic carbocycles. The largest absolute Gasteiger partial charge is 0.378 e. The van der Waals surface area contributed by atoms with Crippen LogP contribution in [0.15, 0.2) is 18.2 Å². The molecule has 0 heterocycles. The van der Waals surface area contributed by atoms with E-state index in [9.17, 15) is 14.9 Å². The fourth-order valence-electron chi connectivity index (χ4n) is 1.67. The minimum absolute atomic E-state index is 0.0512. The van der Waals surface area contributed by atoms with E-state index in [1.807, 2.05) is 0 Å². The number of rotatable bonds is 6. The summed E-state index contributed by atoms with van der Waals surface area (Å²) in [5.41, 5.74) is 0.170. The van der Waals surface area contributed by atoms with Crippen molar-refractivity contribution in [2.75, 3.05) is 11.9 Å². The Kier molecular flexibility index (Phi) is 4.21. The fraction of sp³-hybridized carbons (Fsp3) is 0.417. The van der Waals surface area contributed by atoms with Gasteiger partial charge in [-0.15, -0.1) is 0 Å². The van der Waals surface area contributed by atoms with Gasteiger partial charge in [0.2, 0.25) is 5.91 Å². The fourth-order valence-corrected chi connectivity index (χ4v) is 1.90. The topological polar surface area (TPSA) is 84.3 Å². The van der Waals surface area contributed by atoms with Gasteiger partial charge in [-0.25, -0.2) is 0 Å². The molecular formula is C12H14ClN3O3. The second kappa shape index (κ2) is 5.88. The molecule has 19 heavy (non-hydrogen) atoms. The van der Waals surface area contributed by atoms with Gasteiger partial charge in [0.25, 0.3) is 5.69 Å². The van der Waals surface area contributed by atoms with Gasteiger partial charge in [0, 0.05) is 25.1 Å². The highest BCUT2D eigenvalue weighted by molar-refractivity contribution is 6.33. The van der Waals surface area contributed by atoms with Crippen molar-refractivity contribution >= 4 is 28.9 Å². The van der Waals surface area contributed by atoms with E-state index >= 15 is 0 Å². The summed E-state index contributed by atoms with van der Waals surface area (Å²) in [4.78, 5) is 21.8. The number of nitro groups is 1. The summed E-state index contributed by atoms with van der Waals surface area (Å²) in [6.07, 6.45) is 2.34. The molecule has 0 atom stereocenters. The van der Waals surface area contributed by atoms with Crippen molar-refractivity contribution in [2.45, 2.75) is 25.3 Å². The number of hydrogen-bond acceptors (Lipinski definition) is 4. The molecule has 0 bridgehead atoms. The average Bonchev–Trinajstić information content (AvgIpc) is 3.14. The van der Waals surface area contributed by atoms with Crippen LogP contribution in [-0.2, 0) is 4.79 Å². The minimum atomic E-state index is -0.502. The van der Waals surface area contributed by atoms with Gasteiger partial charge in [-0.1, -0.05) is 17.7 Å². The Balaban J connectivity index is 1.91. The molecule has 6 nitrogen and oxygen atoms in total. The predicted octanol–water partition coefficient (Wildman–Crippen LogP) is 2.33. The third kappa shape index (κ3) is 3.82. The van der Waals surface area contributed by atoms with Crippen molar-refractivity contribution < 1.29 is 9.72 Å². The average molecular weight is 284 g/mol. The summed E-state index contributed by atoms with van der Waals surface area (Å²) in [5, 5.41) is 16.8. The molecular weight excluding hydrogens is 270 g/mol. The van der Waals surface area contributed by atoms with E-state index in [0.29, 0.717) is 12.6 Å². The van der Waals surface area contributed by atoms with Gasteiger partial charge in [0.15, 0.2) is 0 Å². The molecule has 1 aromatic rings. The molecule has 1 aliphatic rings. The zero-order valence-corrected chi connectivity index (χ0v) is 10.9. The Morgan fingerprint density at radius 2 is 2.21 bits per heavy atom. The second-order valence-corrected chi connectivity index (χ2v) is 4.82. The van der Waals surface area contributed by atoms with Crippen LogP contribution in [-0.4, -0.2) is 23.4 Å². The zero-order chi connectivity index (χ0) is 13.8. The number of nitro benzene ring substituents is 1. The number of hydrogen-bond donors (Lipinski definition) is 2. The third-order valence-corrected chi connectivity index (χ3v) is 3.10. The van der Waals surface area contributed by atoms with Gasteiger partial charge in [0.05, 0.1) is 9.95 Å². The van der Waals surface area contributed by atoms with Crippen molar-refractivity contribution in [2.24, 2.45) is 0 Å². The van der Waals surface area contributed by atoms with Crippen LogP contribution in [0.1, 0.15) is 19.3 Å². The lowest BCUT2D eigenvalue weighted by atomic mass is 10.2. The molecule has 7 heteroatoms. The van der Waals surface area contributed by atoms with Gasteiger partial charge < -0.3 is 10.6 Å². The molecule has 1 aliphatic carbocycles. The first kappa shape index (κ1) is 13.6. The van der Waals surface area contributed by atoms with Crippen LogP contribution in [0.3, 0.4) is 0 Å². The van der Waals surface area contributed by atoms with Crippen LogP contribution in [0.4, 0.5) is 11.4 Å². The Morgan fingerprint density at radius 1 is 1.47 bits per heavy atom. The SMILES string of the molecule is O=C(CCNc1c(Cl)cccc1[N+](=O)[O-])NC1CC1. The van der Waals surface area contributed by atoms with E-state index in [4.69, 9.17) is 11.6 Å². The van der Waals surface area contributed by atoms with Gasteiger partial charge in [0.1, 0.15) is 5.69 Å². The Hall–Kier alpha value is -1.82. The maximum atomic E-state index is 11.5. The summed E-state index contributed by atoms with van der Waals surface area (Å²) >= 11 is 5.92. The third-order valence-electron chi connectivity index (χ3n) is 2.78.